The Kier molecular flexibility index (Phi) is 6.10. The highest BCUT2D eigenvalue weighted by Gasteiger charge is 2.30. The number of ether oxygens (including phenoxy) is 2. The maximum absolute atomic E-state index is 12.9. The van der Waals surface area contributed by atoms with E-state index in [1.165, 1.54) is 11.3 Å². The summed E-state index contributed by atoms with van der Waals surface area (Å²) in [6.07, 6.45) is 1.62. The quantitative estimate of drug-likeness (QED) is 0.720. The molecule has 0 radical (unpaired) electrons. The van der Waals surface area contributed by atoms with E-state index in [0.717, 1.165) is 27.8 Å². The fourth-order valence-corrected chi connectivity index (χ4v) is 5.11. The maximum atomic E-state index is 12.9. The summed E-state index contributed by atoms with van der Waals surface area (Å²) >= 11 is 5.01. The molecule has 8 heteroatoms. The van der Waals surface area contributed by atoms with Crippen LogP contribution in [-0.2, 0) is 4.79 Å². The van der Waals surface area contributed by atoms with Gasteiger partial charge in [-0.05, 0) is 48.9 Å². The van der Waals surface area contributed by atoms with Crippen molar-refractivity contribution in [2.24, 2.45) is 5.92 Å². The van der Waals surface area contributed by atoms with Gasteiger partial charge in [0.15, 0.2) is 11.5 Å². The Labute approximate surface area is 182 Å². The van der Waals surface area contributed by atoms with Crippen LogP contribution in [0.1, 0.15) is 41.0 Å². The number of nitrogens with one attached hydrogen (secondary N) is 1. The van der Waals surface area contributed by atoms with Gasteiger partial charge < -0.3 is 19.7 Å². The van der Waals surface area contributed by atoms with Crippen LogP contribution < -0.4 is 14.8 Å². The van der Waals surface area contributed by atoms with Crippen molar-refractivity contribution < 1.29 is 19.1 Å². The van der Waals surface area contributed by atoms with Crippen molar-refractivity contribution in [3.05, 3.63) is 44.6 Å². The number of thiophene rings is 1. The molecule has 0 aliphatic carbocycles. The number of carbonyl (C=O) groups is 2. The van der Waals surface area contributed by atoms with Crippen LogP contribution in [0.3, 0.4) is 0 Å². The van der Waals surface area contributed by atoms with E-state index < -0.39 is 0 Å². The molecule has 6 nitrogen and oxygen atoms in total. The summed E-state index contributed by atoms with van der Waals surface area (Å²) in [6, 6.07) is 7.30. The molecular formula is C21H23BrN2O4S. The molecule has 29 heavy (non-hydrogen) atoms. The molecule has 1 fully saturated rings. The second kappa shape index (κ2) is 8.75. The zero-order valence-electron chi connectivity index (χ0n) is 16.2. The lowest BCUT2D eigenvalue weighted by atomic mass is 9.96. The number of fused-ring (bicyclic) bond motifs is 1. The Hall–Kier alpha value is -2.06. The first-order valence-electron chi connectivity index (χ1n) is 9.75. The summed E-state index contributed by atoms with van der Waals surface area (Å²) in [5.41, 5.74) is 0.935. The number of amides is 2. The molecule has 2 atom stereocenters. The van der Waals surface area contributed by atoms with Crippen molar-refractivity contribution >= 4 is 39.1 Å². The van der Waals surface area contributed by atoms with Gasteiger partial charge in [-0.25, -0.2) is 0 Å². The summed E-state index contributed by atoms with van der Waals surface area (Å²) in [7, 11) is 0. The van der Waals surface area contributed by atoms with Crippen LogP contribution in [0.5, 0.6) is 11.5 Å². The predicted octanol–water partition coefficient (Wildman–Crippen LogP) is 4.01. The minimum Gasteiger partial charge on any atom is -0.486 e. The van der Waals surface area contributed by atoms with E-state index in [1.54, 1.807) is 4.90 Å². The molecule has 2 amide bonds. The lowest BCUT2D eigenvalue weighted by molar-refractivity contribution is -0.127. The Balaban J connectivity index is 1.41. The number of likely N-dealkylation sites (tertiary alicyclic amines) is 1. The average molecular weight is 479 g/mol. The number of halogens is 1. The van der Waals surface area contributed by atoms with Crippen LogP contribution in [0.4, 0.5) is 0 Å². The zero-order chi connectivity index (χ0) is 20.4. The van der Waals surface area contributed by atoms with Crippen LogP contribution >= 0.6 is 27.3 Å². The number of piperidine rings is 1. The minimum absolute atomic E-state index is 0.0140. The number of hydrogen-bond donors (Lipinski definition) is 1. The largest absolute Gasteiger partial charge is 0.486 e. The molecule has 0 saturated carbocycles. The highest BCUT2D eigenvalue weighted by atomic mass is 79.9. The van der Waals surface area contributed by atoms with Crippen molar-refractivity contribution in [1.82, 2.24) is 10.2 Å². The Morgan fingerprint density at radius 1 is 1.28 bits per heavy atom. The zero-order valence-corrected chi connectivity index (χ0v) is 18.6. The lowest BCUT2D eigenvalue weighted by Crippen LogP contribution is -2.45. The number of nitrogens with zero attached hydrogens (tertiary/aromatic N) is 1. The molecule has 2 unspecified atom stereocenters. The van der Waals surface area contributed by atoms with Gasteiger partial charge in [-0.2, -0.15) is 0 Å². The van der Waals surface area contributed by atoms with Gasteiger partial charge in [0.1, 0.15) is 13.2 Å². The fraction of sp³-hybridized carbons (Fsp3) is 0.429. The molecule has 2 aromatic rings. The van der Waals surface area contributed by atoms with E-state index in [2.05, 4.69) is 21.2 Å². The average Bonchev–Trinajstić information content (AvgIpc) is 3.27. The van der Waals surface area contributed by atoms with Crippen molar-refractivity contribution in [2.75, 3.05) is 26.3 Å². The van der Waals surface area contributed by atoms with E-state index in [-0.39, 0.29) is 23.8 Å². The fourth-order valence-electron chi connectivity index (χ4n) is 3.75. The van der Waals surface area contributed by atoms with Crippen molar-refractivity contribution in [3.8, 4) is 11.5 Å². The summed E-state index contributed by atoms with van der Waals surface area (Å²) < 4.78 is 12.1. The van der Waals surface area contributed by atoms with Crippen molar-refractivity contribution in [1.29, 1.82) is 0 Å². The molecule has 154 valence electrons. The normalized spacial score (nSPS) is 19.5. The number of hydrogen-bond acceptors (Lipinski definition) is 5. The third-order valence-electron chi connectivity index (χ3n) is 5.30. The highest BCUT2D eigenvalue weighted by molar-refractivity contribution is 9.10. The molecule has 4 rings (SSSR count). The van der Waals surface area contributed by atoms with Gasteiger partial charge in [0.2, 0.25) is 5.91 Å². The number of benzene rings is 1. The first-order chi connectivity index (χ1) is 14.0. The SMILES string of the molecule is CC(NC(=O)C1CCCN(C(=O)c2cccs2)C1)c1cc2c(cc1Br)OCCO2. The van der Waals surface area contributed by atoms with Gasteiger partial charge in [0.25, 0.3) is 5.91 Å². The molecule has 1 N–H and O–H groups in total. The van der Waals surface area contributed by atoms with E-state index in [0.29, 0.717) is 37.8 Å². The second-order valence-electron chi connectivity index (χ2n) is 7.32. The van der Waals surface area contributed by atoms with Gasteiger partial charge in [-0.1, -0.05) is 22.0 Å². The second-order valence-corrected chi connectivity index (χ2v) is 9.12. The monoisotopic (exact) mass is 478 g/mol. The molecule has 2 aliphatic rings. The highest BCUT2D eigenvalue weighted by Crippen LogP contribution is 2.38. The van der Waals surface area contributed by atoms with Gasteiger partial charge in [0.05, 0.1) is 16.8 Å². The van der Waals surface area contributed by atoms with Crippen LogP contribution in [-0.4, -0.2) is 43.0 Å². The third kappa shape index (κ3) is 4.43. The van der Waals surface area contributed by atoms with Crippen LogP contribution in [0.25, 0.3) is 0 Å². The Morgan fingerprint density at radius 2 is 2.03 bits per heavy atom. The Bertz CT molecular complexity index is 902. The van der Waals surface area contributed by atoms with E-state index >= 15 is 0 Å². The summed E-state index contributed by atoms with van der Waals surface area (Å²) in [5.74, 6) is 1.19. The maximum Gasteiger partial charge on any atom is 0.263 e. The molecule has 1 aromatic carbocycles. The van der Waals surface area contributed by atoms with E-state index in [4.69, 9.17) is 9.47 Å². The summed E-state index contributed by atoms with van der Waals surface area (Å²) in [6.45, 7) is 4.16. The first-order valence-corrected chi connectivity index (χ1v) is 11.4. The van der Waals surface area contributed by atoms with Crippen molar-refractivity contribution in [3.63, 3.8) is 0 Å². The lowest BCUT2D eigenvalue weighted by Gasteiger charge is -2.32. The standard InChI is InChI=1S/C21H23BrN2O4S/c1-13(15-10-17-18(11-16(15)22)28-8-7-27-17)23-20(25)14-4-2-6-24(12-14)21(26)19-5-3-9-29-19/h3,5,9-11,13-14H,2,4,6-8,12H2,1H3,(H,23,25). The third-order valence-corrected chi connectivity index (χ3v) is 6.84. The Morgan fingerprint density at radius 3 is 2.76 bits per heavy atom. The van der Waals surface area contributed by atoms with E-state index in [1.807, 2.05) is 36.6 Å². The van der Waals surface area contributed by atoms with Gasteiger partial charge in [-0.3, -0.25) is 9.59 Å². The summed E-state index contributed by atoms with van der Waals surface area (Å²) in [4.78, 5) is 28.1. The molecule has 0 bridgehead atoms. The van der Waals surface area contributed by atoms with Gasteiger partial charge >= 0.3 is 0 Å². The van der Waals surface area contributed by atoms with Gasteiger partial charge in [-0.15, -0.1) is 11.3 Å². The summed E-state index contributed by atoms with van der Waals surface area (Å²) in [5, 5.41) is 5.00. The van der Waals surface area contributed by atoms with Crippen LogP contribution in [0.15, 0.2) is 34.1 Å². The van der Waals surface area contributed by atoms with Crippen LogP contribution in [0.2, 0.25) is 0 Å². The minimum atomic E-state index is -0.203. The number of carbonyl (C=O) groups excluding carboxylic acids is 2. The molecule has 2 aliphatic heterocycles. The van der Waals surface area contributed by atoms with Crippen LogP contribution in [0, 0.1) is 5.92 Å². The topological polar surface area (TPSA) is 67.9 Å². The van der Waals surface area contributed by atoms with Crippen molar-refractivity contribution in [2.45, 2.75) is 25.8 Å². The molecule has 3 heterocycles. The molecule has 1 aromatic heterocycles. The smallest absolute Gasteiger partial charge is 0.263 e. The molecule has 1 saturated heterocycles. The first kappa shape index (κ1) is 20.2. The molecular weight excluding hydrogens is 456 g/mol. The molecule has 0 spiro atoms. The van der Waals surface area contributed by atoms with E-state index in [9.17, 15) is 9.59 Å². The number of rotatable bonds is 4. The van der Waals surface area contributed by atoms with Gasteiger partial charge in [0, 0.05) is 17.6 Å². The predicted molar refractivity (Wildman–Crippen MR) is 115 cm³/mol.